The van der Waals surface area contributed by atoms with Gasteiger partial charge in [-0.25, -0.2) is 4.39 Å². The van der Waals surface area contributed by atoms with Crippen molar-refractivity contribution >= 4 is 39.3 Å². The van der Waals surface area contributed by atoms with Gasteiger partial charge in [-0.2, -0.15) is 11.8 Å². The maximum absolute atomic E-state index is 14.4. The average molecular weight is 367 g/mol. The zero-order valence-electron chi connectivity index (χ0n) is 11.1. The number of hydrogen-bond donors (Lipinski definition) is 1. The van der Waals surface area contributed by atoms with Crippen LogP contribution in [0.3, 0.4) is 0 Å². The van der Waals surface area contributed by atoms with E-state index in [1.807, 2.05) is 30.8 Å². The Kier molecular flexibility index (Phi) is 5.21. The van der Waals surface area contributed by atoms with Crippen molar-refractivity contribution in [3.8, 4) is 0 Å². The van der Waals surface area contributed by atoms with Crippen LogP contribution in [0.5, 0.6) is 0 Å². The first-order chi connectivity index (χ1) is 8.99. The molecule has 19 heavy (non-hydrogen) atoms. The summed E-state index contributed by atoms with van der Waals surface area (Å²) < 4.78 is 15.1. The van der Waals surface area contributed by atoms with Crippen molar-refractivity contribution in [2.24, 2.45) is 0 Å². The predicted molar refractivity (Wildman–Crippen MR) is 85.6 cm³/mol. The Hall–Kier alpha value is 0.230. The van der Waals surface area contributed by atoms with Crippen LogP contribution in [-0.4, -0.2) is 17.0 Å². The molecule has 1 aromatic carbocycles. The number of thioether (sulfide) groups is 1. The van der Waals surface area contributed by atoms with Crippen LogP contribution < -0.4 is 5.32 Å². The van der Waals surface area contributed by atoms with Crippen molar-refractivity contribution in [1.82, 2.24) is 5.32 Å². The number of hydrogen-bond acceptors (Lipinski definition) is 2. The first kappa shape index (κ1) is 15.6. The van der Waals surface area contributed by atoms with E-state index in [9.17, 15) is 4.39 Å². The largest absolute Gasteiger partial charge is 0.309 e. The van der Waals surface area contributed by atoms with Crippen LogP contribution in [0.2, 0.25) is 5.02 Å². The molecule has 1 aromatic rings. The van der Waals surface area contributed by atoms with Crippen molar-refractivity contribution in [2.75, 3.05) is 12.3 Å². The molecule has 106 valence electrons. The Morgan fingerprint density at radius 3 is 2.89 bits per heavy atom. The molecule has 5 heteroatoms. The van der Waals surface area contributed by atoms with Crippen LogP contribution in [0, 0.1) is 5.82 Å². The highest BCUT2D eigenvalue weighted by atomic mass is 79.9. The Balaban J connectivity index is 2.42. The van der Waals surface area contributed by atoms with Gasteiger partial charge in [-0.1, -0.05) is 24.6 Å². The van der Waals surface area contributed by atoms with Crippen molar-refractivity contribution in [2.45, 2.75) is 37.5 Å². The number of nitrogens with one attached hydrogen (secondary N) is 1. The average Bonchev–Trinajstić information content (AvgIpc) is 2.82. The molecule has 0 spiro atoms. The molecule has 1 N–H and O–H groups in total. The van der Waals surface area contributed by atoms with E-state index >= 15 is 0 Å². The molecule has 0 radical (unpaired) electrons. The highest BCUT2D eigenvalue weighted by Crippen LogP contribution is 2.47. The van der Waals surface area contributed by atoms with Crippen molar-refractivity contribution in [1.29, 1.82) is 0 Å². The van der Waals surface area contributed by atoms with E-state index in [1.165, 1.54) is 6.42 Å². The summed E-state index contributed by atoms with van der Waals surface area (Å²) in [6.45, 7) is 5.08. The third kappa shape index (κ3) is 3.12. The Morgan fingerprint density at radius 1 is 1.58 bits per heavy atom. The maximum Gasteiger partial charge on any atom is 0.147 e. The molecular formula is C14H18BrClFNS. The fourth-order valence-electron chi connectivity index (χ4n) is 2.65. The number of rotatable bonds is 4. The van der Waals surface area contributed by atoms with Gasteiger partial charge in [-0.05, 0) is 54.1 Å². The summed E-state index contributed by atoms with van der Waals surface area (Å²) in [7, 11) is 0. The van der Waals surface area contributed by atoms with Gasteiger partial charge in [0, 0.05) is 20.8 Å². The molecule has 0 saturated carbocycles. The van der Waals surface area contributed by atoms with Gasteiger partial charge in [0.15, 0.2) is 0 Å². The predicted octanol–water partition coefficient (Wildman–Crippen LogP) is 5.18. The molecule has 2 atom stereocenters. The van der Waals surface area contributed by atoms with E-state index in [0.717, 1.165) is 18.7 Å². The Morgan fingerprint density at radius 2 is 2.32 bits per heavy atom. The third-order valence-electron chi connectivity index (χ3n) is 3.64. The molecule has 0 aromatic heterocycles. The maximum atomic E-state index is 14.4. The van der Waals surface area contributed by atoms with Crippen molar-refractivity contribution in [3.63, 3.8) is 0 Å². The van der Waals surface area contributed by atoms with Crippen LogP contribution in [0.4, 0.5) is 4.39 Å². The van der Waals surface area contributed by atoms with Gasteiger partial charge in [-0.3, -0.25) is 0 Å². The lowest BCUT2D eigenvalue weighted by molar-refractivity contribution is 0.406. The number of halogens is 3. The summed E-state index contributed by atoms with van der Waals surface area (Å²) in [5, 5.41) is 3.61. The van der Waals surface area contributed by atoms with Crippen LogP contribution >= 0.6 is 39.3 Å². The smallest absolute Gasteiger partial charge is 0.147 e. The molecule has 2 unspecified atom stereocenters. The summed E-state index contributed by atoms with van der Waals surface area (Å²) >= 11 is 11.2. The minimum Gasteiger partial charge on any atom is -0.309 e. The molecule has 1 aliphatic heterocycles. The van der Waals surface area contributed by atoms with Crippen molar-refractivity contribution in [3.05, 3.63) is 33.0 Å². The highest BCUT2D eigenvalue weighted by Gasteiger charge is 2.39. The van der Waals surface area contributed by atoms with Crippen LogP contribution in [0.1, 0.15) is 38.3 Å². The van der Waals surface area contributed by atoms with Gasteiger partial charge in [0.05, 0.1) is 5.02 Å². The molecule has 1 fully saturated rings. The first-order valence-electron chi connectivity index (χ1n) is 6.50. The van der Waals surface area contributed by atoms with E-state index in [-0.39, 0.29) is 21.6 Å². The molecule has 0 amide bonds. The molecule has 1 aliphatic rings. The van der Waals surface area contributed by atoms with E-state index in [2.05, 4.69) is 28.2 Å². The van der Waals surface area contributed by atoms with Gasteiger partial charge in [0.2, 0.25) is 0 Å². The zero-order chi connectivity index (χ0) is 14.0. The summed E-state index contributed by atoms with van der Waals surface area (Å²) in [6.07, 6.45) is 2.29. The minimum absolute atomic E-state index is 0.00407. The lowest BCUT2D eigenvalue weighted by Gasteiger charge is -2.34. The van der Waals surface area contributed by atoms with Crippen LogP contribution in [0.25, 0.3) is 0 Å². The second-order valence-electron chi connectivity index (χ2n) is 5.02. The highest BCUT2D eigenvalue weighted by molar-refractivity contribution is 9.10. The van der Waals surface area contributed by atoms with E-state index in [4.69, 9.17) is 11.6 Å². The number of benzene rings is 1. The third-order valence-corrected chi connectivity index (χ3v) is 6.49. The lowest BCUT2D eigenvalue weighted by Crippen LogP contribution is -2.38. The van der Waals surface area contributed by atoms with Crippen molar-refractivity contribution < 1.29 is 4.39 Å². The molecule has 1 nitrogen and oxygen atoms in total. The molecule has 2 rings (SSSR count). The SMILES string of the molecule is CCNC(c1ccc(Br)c(Cl)c1F)C1(C)CCCS1. The van der Waals surface area contributed by atoms with E-state index in [1.54, 1.807) is 0 Å². The molecular weight excluding hydrogens is 349 g/mol. The fraction of sp³-hybridized carbons (Fsp3) is 0.571. The Bertz CT molecular complexity index is 463. The quantitative estimate of drug-likeness (QED) is 0.737. The fourth-order valence-corrected chi connectivity index (χ4v) is 4.55. The topological polar surface area (TPSA) is 12.0 Å². The second-order valence-corrected chi connectivity index (χ2v) is 7.88. The first-order valence-corrected chi connectivity index (χ1v) is 8.66. The standard InChI is InChI=1S/C14H18BrClFNS/c1-3-18-13(14(2)7-4-8-19-14)9-5-6-10(15)11(16)12(9)17/h5-6,13,18H,3-4,7-8H2,1-2H3. The van der Waals surface area contributed by atoms with Crippen LogP contribution in [-0.2, 0) is 0 Å². The zero-order valence-corrected chi connectivity index (χ0v) is 14.3. The Labute approximate surface area is 131 Å². The summed E-state index contributed by atoms with van der Waals surface area (Å²) in [5.41, 5.74) is 0.673. The normalized spacial score (nSPS) is 24.7. The van der Waals surface area contributed by atoms with E-state index in [0.29, 0.717) is 10.0 Å². The van der Waals surface area contributed by atoms with Gasteiger partial charge >= 0.3 is 0 Å². The molecule has 0 aliphatic carbocycles. The van der Waals surface area contributed by atoms with Gasteiger partial charge < -0.3 is 5.32 Å². The molecule has 1 saturated heterocycles. The molecule has 0 bridgehead atoms. The van der Waals surface area contributed by atoms with Gasteiger partial charge in [0.1, 0.15) is 5.82 Å². The van der Waals surface area contributed by atoms with E-state index < -0.39 is 0 Å². The van der Waals surface area contributed by atoms with Gasteiger partial charge in [0.25, 0.3) is 0 Å². The van der Waals surface area contributed by atoms with Gasteiger partial charge in [-0.15, -0.1) is 0 Å². The molecule has 1 heterocycles. The monoisotopic (exact) mass is 365 g/mol. The lowest BCUT2D eigenvalue weighted by atomic mass is 9.90. The second kappa shape index (κ2) is 6.33. The summed E-state index contributed by atoms with van der Waals surface area (Å²) in [5.74, 6) is 0.834. The van der Waals surface area contributed by atoms with Crippen LogP contribution in [0.15, 0.2) is 16.6 Å². The summed E-state index contributed by atoms with van der Waals surface area (Å²) in [6, 6.07) is 3.66. The minimum atomic E-state index is -0.310. The summed E-state index contributed by atoms with van der Waals surface area (Å²) in [4.78, 5) is 0.